The maximum Gasteiger partial charge on any atom is 0.223 e. The Bertz CT molecular complexity index is 382. The molecule has 2 rings (SSSR count). The first-order valence-electron chi connectivity index (χ1n) is 5.45. The predicted octanol–water partition coefficient (Wildman–Crippen LogP) is -0.207. The molecule has 0 radical (unpaired) electrons. The van der Waals surface area contributed by atoms with Gasteiger partial charge in [0, 0.05) is 6.61 Å². The fourth-order valence-corrected chi connectivity index (χ4v) is 1.88. The molecule has 2 N–H and O–H groups in total. The summed E-state index contributed by atoms with van der Waals surface area (Å²) in [5.74, 6) is -0.382. The number of hydrogen-bond donors (Lipinski definition) is 1. The van der Waals surface area contributed by atoms with E-state index < -0.39 is 0 Å². The zero-order valence-electron chi connectivity index (χ0n) is 9.35. The van der Waals surface area contributed by atoms with Gasteiger partial charge in [-0.1, -0.05) is 5.21 Å². The van der Waals surface area contributed by atoms with Gasteiger partial charge in [0.15, 0.2) is 0 Å². The van der Waals surface area contributed by atoms with E-state index in [-0.39, 0.29) is 18.4 Å². The third kappa shape index (κ3) is 2.38. The number of primary amides is 1. The molecular weight excluding hydrogens is 208 g/mol. The van der Waals surface area contributed by atoms with E-state index in [4.69, 9.17) is 10.5 Å². The topological polar surface area (TPSA) is 83.0 Å². The lowest BCUT2D eigenvalue weighted by atomic mass is 10.2. The molecule has 1 fully saturated rings. The molecule has 1 amide bonds. The summed E-state index contributed by atoms with van der Waals surface area (Å²) in [4.78, 5) is 10.8. The Labute approximate surface area is 93.8 Å². The van der Waals surface area contributed by atoms with Crippen molar-refractivity contribution in [1.82, 2.24) is 15.0 Å². The summed E-state index contributed by atoms with van der Waals surface area (Å²) in [5, 5.41) is 7.97. The second-order valence-electron chi connectivity index (χ2n) is 4.08. The smallest absolute Gasteiger partial charge is 0.223 e. The molecule has 2 heterocycles. The van der Waals surface area contributed by atoms with E-state index in [9.17, 15) is 4.79 Å². The lowest BCUT2D eigenvalue weighted by molar-refractivity contribution is -0.117. The molecule has 0 spiro atoms. The number of aromatic nitrogens is 3. The Kier molecular flexibility index (Phi) is 3.19. The van der Waals surface area contributed by atoms with Gasteiger partial charge >= 0.3 is 0 Å². The van der Waals surface area contributed by atoms with Gasteiger partial charge in [0.2, 0.25) is 5.91 Å². The van der Waals surface area contributed by atoms with Crippen LogP contribution >= 0.6 is 0 Å². The molecule has 6 heteroatoms. The third-order valence-electron chi connectivity index (χ3n) is 2.82. The van der Waals surface area contributed by atoms with Crippen molar-refractivity contribution in [3.63, 3.8) is 0 Å². The fourth-order valence-electron chi connectivity index (χ4n) is 1.88. The Morgan fingerprint density at radius 1 is 1.69 bits per heavy atom. The molecule has 1 aromatic rings. The number of nitrogens with zero attached hydrogens (tertiary/aromatic N) is 3. The molecule has 6 nitrogen and oxygen atoms in total. The van der Waals surface area contributed by atoms with Crippen molar-refractivity contribution in [2.45, 2.75) is 38.8 Å². The van der Waals surface area contributed by atoms with Crippen molar-refractivity contribution >= 4 is 5.91 Å². The molecule has 1 aliphatic heterocycles. The Hall–Kier alpha value is -1.43. The van der Waals surface area contributed by atoms with Crippen LogP contribution in [0.4, 0.5) is 0 Å². The summed E-state index contributed by atoms with van der Waals surface area (Å²) in [6, 6.07) is 0. The van der Waals surface area contributed by atoms with E-state index in [0.717, 1.165) is 25.1 Å². The van der Waals surface area contributed by atoms with E-state index in [0.29, 0.717) is 12.2 Å². The predicted molar refractivity (Wildman–Crippen MR) is 56.6 cm³/mol. The van der Waals surface area contributed by atoms with Crippen molar-refractivity contribution in [2.24, 2.45) is 5.73 Å². The van der Waals surface area contributed by atoms with Gasteiger partial charge in [-0.3, -0.25) is 4.79 Å². The minimum absolute atomic E-state index is 0.150. The van der Waals surface area contributed by atoms with Crippen LogP contribution in [0.3, 0.4) is 0 Å². The third-order valence-corrected chi connectivity index (χ3v) is 2.82. The van der Waals surface area contributed by atoms with Crippen molar-refractivity contribution in [3.05, 3.63) is 11.4 Å². The Balaban J connectivity index is 2.04. The van der Waals surface area contributed by atoms with Gasteiger partial charge in [0.25, 0.3) is 0 Å². The van der Waals surface area contributed by atoms with Crippen LogP contribution in [0.2, 0.25) is 0 Å². The number of hydrogen-bond acceptors (Lipinski definition) is 4. The van der Waals surface area contributed by atoms with Gasteiger partial charge in [-0.25, -0.2) is 4.68 Å². The van der Waals surface area contributed by atoms with Gasteiger partial charge in [-0.2, -0.15) is 0 Å². The van der Waals surface area contributed by atoms with Crippen molar-refractivity contribution in [2.75, 3.05) is 6.61 Å². The molecular formula is C10H16N4O2. The summed E-state index contributed by atoms with van der Waals surface area (Å²) < 4.78 is 7.31. The highest BCUT2D eigenvalue weighted by molar-refractivity contribution is 5.76. The summed E-state index contributed by atoms with van der Waals surface area (Å²) >= 11 is 0. The Morgan fingerprint density at radius 3 is 3.12 bits per heavy atom. The summed E-state index contributed by atoms with van der Waals surface area (Å²) in [7, 11) is 0. The Morgan fingerprint density at radius 2 is 2.50 bits per heavy atom. The van der Waals surface area contributed by atoms with Crippen molar-refractivity contribution < 1.29 is 9.53 Å². The first-order valence-corrected chi connectivity index (χ1v) is 5.45. The lowest BCUT2D eigenvalue weighted by Crippen LogP contribution is -2.18. The van der Waals surface area contributed by atoms with Crippen LogP contribution in [0.25, 0.3) is 0 Å². The highest BCUT2D eigenvalue weighted by Gasteiger charge is 2.19. The van der Waals surface area contributed by atoms with E-state index >= 15 is 0 Å². The molecule has 88 valence electrons. The van der Waals surface area contributed by atoms with Crippen LogP contribution in [0.5, 0.6) is 0 Å². The first kappa shape index (κ1) is 11.1. The van der Waals surface area contributed by atoms with Crippen LogP contribution in [0.15, 0.2) is 0 Å². The van der Waals surface area contributed by atoms with Gasteiger partial charge in [-0.05, 0) is 19.8 Å². The number of ether oxygens (including phenoxy) is 1. The van der Waals surface area contributed by atoms with Crippen LogP contribution in [0, 0.1) is 6.92 Å². The zero-order chi connectivity index (χ0) is 11.5. The van der Waals surface area contributed by atoms with Crippen LogP contribution in [-0.4, -0.2) is 33.6 Å². The second-order valence-corrected chi connectivity index (χ2v) is 4.08. The lowest BCUT2D eigenvalue weighted by Gasteiger charge is -2.09. The number of nitrogens with two attached hydrogens (primary N) is 1. The molecule has 1 unspecified atom stereocenters. The minimum Gasteiger partial charge on any atom is -0.376 e. The zero-order valence-corrected chi connectivity index (χ0v) is 9.35. The summed E-state index contributed by atoms with van der Waals surface area (Å²) in [6.45, 7) is 3.43. The molecule has 1 aliphatic rings. The van der Waals surface area contributed by atoms with E-state index in [2.05, 4.69) is 10.3 Å². The number of carbonyl (C=O) groups excluding carboxylic acids is 1. The molecule has 0 bridgehead atoms. The molecule has 0 aliphatic carbocycles. The summed E-state index contributed by atoms with van der Waals surface area (Å²) in [6.07, 6.45) is 2.54. The average Bonchev–Trinajstić information content (AvgIpc) is 2.82. The quantitative estimate of drug-likeness (QED) is 0.767. The maximum atomic E-state index is 10.8. The van der Waals surface area contributed by atoms with Gasteiger partial charge in [0.05, 0.1) is 30.5 Å². The SMILES string of the molecule is Cc1c(CC(N)=O)nnn1CC1CCCO1. The van der Waals surface area contributed by atoms with E-state index in [1.165, 1.54) is 0 Å². The standard InChI is InChI=1S/C10H16N4O2/c1-7-9(5-10(11)15)12-13-14(7)6-8-3-2-4-16-8/h8H,2-6H2,1H3,(H2,11,15). The summed E-state index contributed by atoms with van der Waals surface area (Å²) in [5.41, 5.74) is 6.68. The van der Waals surface area contributed by atoms with Gasteiger partial charge in [0.1, 0.15) is 0 Å². The van der Waals surface area contributed by atoms with Crippen LogP contribution in [0.1, 0.15) is 24.2 Å². The fraction of sp³-hybridized carbons (Fsp3) is 0.700. The number of rotatable bonds is 4. The van der Waals surface area contributed by atoms with Crippen molar-refractivity contribution in [3.8, 4) is 0 Å². The largest absolute Gasteiger partial charge is 0.376 e. The van der Waals surface area contributed by atoms with E-state index in [1.807, 2.05) is 6.92 Å². The van der Waals surface area contributed by atoms with Gasteiger partial charge in [-0.15, -0.1) is 5.10 Å². The first-order chi connectivity index (χ1) is 7.66. The van der Waals surface area contributed by atoms with E-state index in [1.54, 1.807) is 4.68 Å². The molecule has 0 aromatic carbocycles. The molecule has 1 atom stereocenters. The highest BCUT2D eigenvalue weighted by atomic mass is 16.5. The minimum atomic E-state index is -0.382. The number of carbonyl (C=O) groups is 1. The van der Waals surface area contributed by atoms with Gasteiger partial charge < -0.3 is 10.5 Å². The van der Waals surface area contributed by atoms with Crippen LogP contribution in [-0.2, 0) is 22.5 Å². The molecule has 1 aromatic heterocycles. The normalized spacial score (nSPS) is 20.2. The average molecular weight is 224 g/mol. The highest BCUT2D eigenvalue weighted by Crippen LogP contribution is 2.15. The monoisotopic (exact) mass is 224 g/mol. The molecule has 16 heavy (non-hydrogen) atoms. The molecule has 0 saturated carbocycles. The maximum absolute atomic E-state index is 10.8. The second kappa shape index (κ2) is 4.61. The van der Waals surface area contributed by atoms with Crippen molar-refractivity contribution in [1.29, 1.82) is 0 Å². The number of amides is 1. The van der Waals surface area contributed by atoms with Crippen LogP contribution < -0.4 is 5.73 Å². The molecule has 1 saturated heterocycles.